The number of rotatable bonds is 44. The number of benzene rings is 1. The van der Waals surface area contributed by atoms with Crippen LogP contribution in [-0.2, 0) is 38.4 Å². The molecule has 0 fully saturated rings. The summed E-state index contributed by atoms with van der Waals surface area (Å²) in [5, 5.41) is 36.3. The molecule has 0 saturated carbocycles. The Morgan fingerprint density at radius 2 is 1.13 bits per heavy atom. The molecule has 0 aliphatic rings. The summed E-state index contributed by atoms with van der Waals surface area (Å²) in [6.07, 6.45) is 14.2. The summed E-state index contributed by atoms with van der Waals surface area (Å²) in [5.41, 5.74) is 12.3. The number of aromatic carboxylic acids is 1. The van der Waals surface area contributed by atoms with E-state index < -0.39 is 53.6 Å². The van der Waals surface area contributed by atoms with E-state index in [4.69, 9.17) is 21.3 Å². The van der Waals surface area contributed by atoms with Crippen molar-refractivity contribution in [3.63, 3.8) is 0 Å². The van der Waals surface area contributed by atoms with Gasteiger partial charge in [-0.1, -0.05) is 64.7 Å². The Hall–Kier alpha value is -5.23. The summed E-state index contributed by atoms with van der Waals surface area (Å²) in [6.45, 7) is 4.98. The zero-order valence-corrected chi connectivity index (χ0v) is 41.3. The standard InChI is InChI=1S/C51H83N5O13/c1-3-37(36(2)57)19-14-16-33-55-48(62)43(53)21-11-10-12-22-45(59)42(52)20-15-17-32-54-46(60)31-26-39(50(65)66)35-40(58)27-30-44(51(67)68)56-47(61)23-13-8-6-4-5-7-9-18-34-69-41-28-24-38(25-29-41)49(63)64/h24-25,28-29,37,39,42-44H,3-23,26-27,30-35,52-53H2,1-2H3,(H,54,60)(H,55,62)(H,56,61)(H,63,64)(H,65,66)(H,67,68)/t37-,39+,42-,43-,44-/m0/s1. The Morgan fingerprint density at radius 1 is 0.565 bits per heavy atom. The minimum Gasteiger partial charge on any atom is -0.494 e. The molecule has 1 aromatic rings. The molecular weight excluding hydrogens is 891 g/mol. The van der Waals surface area contributed by atoms with Gasteiger partial charge in [-0.2, -0.15) is 0 Å². The summed E-state index contributed by atoms with van der Waals surface area (Å²) in [6, 6.07) is 3.75. The van der Waals surface area contributed by atoms with Crippen LogP contribution in [-0.4, -0.2) is 106 Å². The van der Waals surface area contributed by atoms with E-state index >= 15 is 0 Å². The molecule has 390 valence electrons. The first-order chi connectivity index (χ1) is 32.9. The second-order valence-electron chi connectivity index (χ2n) is 18.2. The third kappa shape index (κ3) is 30.8. The number of carbonyl (C=O) groups excluding carboxylic acids is 6. The van der Waals surface area contributed by atoms with Gasteiger partial charge in [0.05, 0.1) is 30.2 Å². The zero-order chi connectivity index (χ0) is 51.4. The molecule has 0 aromatic heterocycles. The largest absolute Gasteiger partial charge is 0.494 e. The number of ether oxygens (including phenoxy) is 1. The first kappa shape index (κ1) is 61.8. The molecule has 0 aliphatic heterocycles. The molecule has 3 amide bonds. The predicted molar refractivity (Wildman–Crippen MR) is 261 cm³/mol. The molecule has 18 heteroatoms. The van der Waals surface area contributed by atoms with Gasteiger partial charge >= 0.3 is 17.9 Å². The average molecular weight is 974 g/mol. The first-order valence-electron chi connectivity index (χ1n) is 25.3. The summed E-state index contributed by atoms with van der Waals surface area (Å²) in [5.74, 6) is -5.28. The van der Waals surface area contributed by atoms with Gasteiger partial charge < -0.3 is 47.5 Å². The summed E-state index contributed by atoms with van der Waals surface area (Å²) < 4.78 is 5.65. The van der Waals surface area contributed by atoms with Gasteiger partial charge in [-0.25, -0.2) is 9.59 Å². The van der Waals surface area contributed by atoms with Crippen molar-refractivity contribution in [1.82, 2.24) is 16.0 Å². The average Bonchev–Trinajstić information content (AvgIpc) is 3.31. The number of hydrogen-bond donors (Lipinski definition) is 8. The molecule has 18 nitrogen and oxygen atoms in total. The third-order valence-electron chi connectivity index (χ3n) is 12.4. The zero-order valence-electron chi connectivity index (χ0n) is 41.3. The number of amides is 3. The molecule has 1 rings (SSSR count). The van der Waals surface area contributed by atoms with Crippen LogP contribution in [0.1, 0.15) is 191 Å². The lowest BCUT2D eigenvalue weighted by Crippen LogP contribution is -2.41. The fourth-order valence-corrected chi connectivity index (χ4v) is 7.83. The van der Waals surface area contributed by atoms with Crippen LogP contribution < -0.4 is 32.2 Å². The number of nitrogens with one attached hydrogen (secondary N) is 3. The number of Topliss-reactive ketones (excluding diaryl/α,β-unsaturated/α-hetero) is 3. The molecule has 0 spiro atoms. The molecule has 0 bridgehead atoms. The number of ketones is 3. The SMILES string of the molecule is CC[C@@H](CCCCNC(=O)[C@@H](N)CCCCCC(=O)[C@@H](N)CCCCNC(=O)CC[C@H](CC(=O)CC[C@H](NC(=O)CCCCCCCCCCOc1ccc(C(=O)O)cc1)C(=O)O)C(=O)O)C(C)=O. The monoisotopic (exact) mass is 974 g/mol. The predicted octanol–water partition coefficient (Wildman–Crippen LogP) is 6.43. The van der Waals surface area contributed by atoms with Crippen molar-refractivity contribution in [3.05, 3.63) is 29.8 Å². The molecule has 5 atom stereocenters. The van der Waals surface area contributed by atoms with Crippen LogP contribution in [0.25, 0.3) is 0 Å². The van der Waals surface area contributed by atoms with E-state index in [1.807, 2.05) is 6.92 Å². The summed E-state index contributed by atoms with van der Waals surface area (Å²) in [7, 11) is 0. The third-order valence-corrected chi connectivity index (χ3v) is 12.4. The fraction of sp³-hybridized carbons (Fsp3) is 0.706. The van der Waals surface area contributed by atoms with E-state index in [2.05, 4.69) is 16.0 Å². The van der Waals surface area contributed by atoms with E-state index in [1.165, 1.54) is 12.1 Å². The molecule has 10 N–H and O–H groups in total. The van der Waals surface area contributed by atoms with Gasteiger partial charge in [-0.3, -0.25) is 33.6 Å². The highest BCUT2D eigenvalue weighted by molar-refractivity contribution is 5.88. The van der Waals surface area contributed by atoms with Crippen molar-refractivity contribution < 1.29 is 63.2 Å². The highest BCUT2D eigenvalue weighted by atomic mass is 16.5. The maximum absolute atomic E-state index is 12.7. The number of unbranched alkanes of at least 4 members (excludes halogenated alkanes) is 11. The summed E-state index contributed by atoms with van der Waals surface area (Å²) in [4.78, 5) is 109. The molecule has 0 radical (unpaired) electrons. The van der Waals surface area contributed by atoms with E-state index in [0.717, 1.165) is 77.0 Å². The van der Waals surface area contributed by atoms with Gasteiger partial charge in [0.2, 0.25) is 17.7 Å². The molecule has 0 heterocycles. The van der Waals surface area contributed by atoms with Crippen molar-refractivity contribution in [2.24, 2.45) is 23.3 Å². The van der Waals surface area contributed by atoms with Crippen LogP contribution in [0.5, 0.6) is 5.75 Å². The minimum atomic E-state index is -1.29. The number of aliphatic carboxylic acids is 2. The Kier molecular flexibility index (Phi) is 33.7. The summed E-state index contributed by atoms with van der Waals surface area (Å²) >= 11 is 0. The van der Waals surface area contributed by atoms with Crippen LogP contribution in [0, 0.1) is 11.8 Å². The number of hydrogen-bond acceptors (Lipinski definition) is 12. The molecule has 0 saturated heterocycles. The van der Waals surface area contributed by atoms with Crippen molar-refractivity contribution >= 4 is 53.0 Å². The molecule has 1 aromatic carbocycles. The number of carboxylic acid groups (broad SMARTS) is 3. The van der Waals surface area contributed by atoms with Crippen LogP contribution in [0.15, 0.2) is 24.3 Å². The topological polar surface area (TPSA) is 312 Å². The van der Waals surface area contributed by atoms with Crippen LogP contribution in [0.2, 0.25) is 0 Å². The molecular formula is C51H83N5O13. The highest BCUT2D eigenvalue weighted by Crippen LogP contribution is 2.18. The minimum absolute atomic E-state index is 0.0545. The quantitative estimate of drug-likeness (QED) is 0.0327. The Bertz CT molecular complexity index is 1720. The van der Waals surface area contributed by atoms with Crippen LogP contribution >= 0.6 is 0 Å². The highest BCUT2D eigenvalue weighted by Gasteiger charge is 2.25. The Balaban J connectivity index is 2.16. The van der Waals surface area contributed by atoms with Crippen LogP contribution in [0.3, 0.4) is 0 Å². The van der Waals surface area contributed by atoms with E-state index in [9.17, 15) is 53.4 Å². The number of nitrogens with two attached hydrogens (primary N) is 2. The smallest absolute Gasteiger partial charge is 0.335 e. The van der Waals surface area contributed by atoms with E-state index in [1.54, 1.807) is 19.1 Å². The van der Waals surface area contributed by atoms with Crippen molar-refractivity contribution in [2.75, 3.05) is 19.7 Å². The molecule has 0 unspecified atom stereocenters. The lowest BCUT2D eigenvalue weighted by Gasteiger charge is -2.15. The van der Waals surface area contributed by atoms with Gasteiger partial charge in [0.25, 0.3) is 0 Å². The lowest BCUT2D eigenvalue weighted by molar-refractivity contribution is -0.145. The lowest BCUT2D eigenvalue weighted by atomic mass is 9.94. The maximum atomic E-state index is 12.7. The number of carbonyl (C=O) groups is 9. The van der Waals surface area contributed by atoms with Gasteiger partial charge in [0, 0.05) is 51.1 Å². The second kappa shape index (κ2) is 37.6. The fourth-order valence-electron chi connectivity index (χ4n) is 7.83. The van der Waals surface area contributed by atoms with Crippen molar-refractivity contribution in [2.45, 2.75) is 199 Å². The Morgan fingerprint density at radius 3 is 1.74 bits per heavy atom. The number of carboxylic acids is 3. The van der Waals surface area contributed by atoms with Crippen molar-refractivity contribution in [1.29, 1.82) is 0 Å². The van der Waals surface area contributed by atoms with E-state index in [0.29, 0.717) is 76.8 Å². The normalized spacial score (nSPS) is 13.3. The molecule has 69 heavy (non-hydrogen) atoms. The maximum Gasteiger partial charge on any atom is 0.335 e. The van der Waals surface area contributed by atoms with Gasteiger partial charge in [-0.15, -0.1) is 0 Å². The van der Waals surface area contributed by atoms with Gasteiger partial charge in [0.15, 0.2) is 0 Å². The van der Waals surface area contributed by atoms with Gasteiger partial charge in [0.1, 0.15) is 29.1 Å². The second-order valence-corrected chi connectivity index (χ2v) is 18.2. The first-order valence-corrected chi connectivity index (χ1v) is 25.3. The Labute approximate surface area is 408 Å². The van der Waals surface area contributed by atoms with Crippen molar-refractivity contribution in [3.8, 4) is 5.75 Å². The van der Waals surface area contributed by atoms with E-state index in [-0.39, 0.29) is 73.4 Å². The van der Waals surface area contributed by atoms with Crippen LogP contribution in [0.4, 0.5) is 0 Å². The van der Waals surface area contributed by atoms with Gasteiger partial charge in [-0.05, 0) is 108 Å². The molecule has 0 aliphatic carbocycles.